The van der Waals surface area contributed by atoms with E-state index in [1.54, 1.807) is 12.3 Å². The monoisotopic (exact) mass is 593 g/mol. The SMILES string of the molecule is C=CC(c1cc2ccc(Cl)cc2s1)S(=O)(=O)N1CCN(C(c2ccnc(Cl)n2)C2CCNCC2)C(C=O)C1. The lowest BCUT2D eigenvalue weighted by atomic mass is 9.86. The molecule has 3 atom stereocenters. The molecule has 2 saturated heterocycles. The minimum absolute atomic E-state index is 0.0627. The zero-order valence-electron chi connectivity index (χ0n) is 20.7. The molecule has 12 heteroatoms. The van der Waals surface area contributed by atoms with Crippen LogP contribution in [0.2, 0.25) is 10.3 Å². The Labute approximate surface area is 236 Å². The number of rotatable bonds is 8. The molecule has 202 valence electrons. The van der Waals surface area contributed by atoms with Gasteiger partial charge < -0.3 is 10.1 Å². The fourth-order valence-corrected chi connectivity index (χ4v) is 9.17. The third kappa shape index (κ3) is 5.54. The van der Waals surface area contributed by atoms with Gasteiger partial charge in [-0.15, -0.1) is 17.9 Å². The minimum Gasteiger partial charge on any atom is -0.317 e. The topological polar surface area (TPSA) is 95.5 Å². The number of sulfonamides is 1. The fourth-order valence-electron chi connectivity index (χ4n) is 5.56. The Hall–Kier alpha value is -1.92. The smallest absolute Gasteiger partial charge is 0.225 e. The molecule has 1 N–H and O–H groups in total. The van der Waals surface area contributed by atoms with Crippen molar-refractivity contribution in [1.82, 2.24) is 24.5 Å². The molecule has 4 heterocycles. The second-order valence-electron chi connectivity index (χ2n) is 9.61. The van der Waals surface area contributed by atoms with E-state index in [2.05, 4.69) is 26.8 Å². The Morgan fingerprint density at radius 3 is 2.66 bits per heavy atom. The third-order valence-corrected chi connectivity index (χ3v) is 11.3. The van der Waals surface area contributed by atoms with Crippen LogP contribution in [0, 0.1) is 5.92 Å². The van der Waals surface area contributed by atoms with E-state index in [0.29, 0.717) is 16.4 Å². The van der Waals surface area contributed by atoms with Crippen LogP contribution in [-0.4, -0.2) is 72.6 Å². The van der Waals surface area contributed by atoms with Gasteiger partial charge >= 0.3 is 0 Å². The first kappa shape index (κ1) is 27.6. The molecule has 38 heavy (non-hydrogen) atoms. The van der Waals surface area contributed by atoms with Gasteiger partial charge in [0.25, 0.3) is 0 Å². The van der Waals surface area contributed by atoms with E-state index in [1.165, 1.54) is 21.7 Å². The first-order valence-corrected chi connectivity index (χ1v) is 15.6. The van der Waals surface area contributed by atoms with Gasteiger partial charge in [0.2, 0.25) is 15.3 Å². The van der Waals surface area contributed by atoms with Gasteiger partial charge in [-0.25, -0.2) is 18.4 Å². The molecular formula is C26H29Cl2N5O3S2. The van der Waals surface area contributed by atoms with Crippen molar-refractivity contribution < 1.29 is 13.2 Å². The molecule has 0 saturated carbocycles. The van der Waals surface area contributed by atoms with Crippen LogP contribution in [0.4, 0.5) is 0 Å². The number of carbonyl (C=O) groups is 1. The van der Waals surface area contributed by atoms with E-state index < -0.39 is 21.3 Å². The van der Waals surface area contributed by atoms with Gasteiger partial charge in [-0.3, -0.25) is 4.90 Å². The standard InChI is InChI=1S/C26H29Cl2N5O3S2/c1-2-24(23-13-18-3-4-19(27)14-22(18)37-23)38(35,36)32-11-12-33(20(15-32)16-34)25(17-5-8-29-9-6-17)21-7-10-30-26(28)31-21/h2-4,7,10,13-14,16-17,20,24-25,29H,1,5-6,8-9,11-12,15H2. The third-order valence-electron chi connectivity index (χ3n) is 7.40. The lowest BCUT2D eigenvalue weighted by Crippen LogP contribution is -2.58. The van der Waals surface area contributed by atoms with Crippen molar-refractivity contribution in [3.63, 3.8) is 0 Å². The summed E-state index contributed by atoms with van der Waals surface area (Å²) in [5, 5.41) is 4.15. The number of fused-ring (bicyclic) bond motifs is 1. The Morgan fingerprint density at radius 2 is 1.95 bits per heavy atom. The van der Waals surface area contributed by atoms with Crippen LogP contribution >= 0.6 is 34.5 Å². The van der Waals surface area contributed by atoms with Crippen LogP contribution in [0.1, 0.15) is 34.7 Å². The van der Waals surface area contributed by atoms with Gasteiger partial charge in [0, 0.05) is 40.4 Å². The zero-order valence-corrected chi connectivity index (χ0v) is 23.8. The first-order valence-electron chi connectivity index (χ1n) is 12.5. The first-order chi connectivity index (χ1) is 18.3. The average Bonchev–Trinajstić information content (AvgIpc) is 3.32. The zero-order chi connectivity index (χ0) is 26.9. The maximum absolute atomic E-state index is 13.9. The Kier molecular flexibility index (Phi) is 8.49. The molecule has 2 fully saturated rings. The molecule has 1 aromatic carbocycles. The van der Waals surface area contributed by atoms with Gasteiger partial charge in [-0.1, -0.05) is 23.7 Å². The summed E-state index contributed by atoms with van der Waals surface area (Å²) in [5.41, 5.74) is 0.757. The van der Waals surface area contributed by atoms with Crippen LogP contribution in [0.5, 0.6) is 0 Å². The van der Waals surface area contributed by atoms with Gasteiger partial charge in [0.05, 0.1) is 17.8 Å². The summed E-state index contributed by atoms with van der Waals surface area (Å²) in [6.07, 6.45) is 5.78. The highest BCUT2D eigenvalue weighted by Crippen LogP contribution is 2.39. The van der Waals surface area contributed by atoms with Gasteiger partial charge in [0.15, 0.2) is 0 Å². The van der Waals surface area contributed by atoms with Crippen LogP contribution in [0.25, 0.3) is 10.1 Å². The number of hydrogen-bond donors (Lipinski definition) is 1. The van der Waals surface area contributed by atoms with Crippen molar-refractivity contribution in [2.75, 3.05) is 32.7 Å². The number of piperidine rings is 1. The van der Waals surface area contributed by atoms with Gasteiger partial charge in [-0.2, -0.15) is 4.31 Å². The highest BCUT2D eigenvalue weighted by atomic mass is 35.5. The number of aromatic nitrogens is 2. The molecule has 2 aromatic heterocycles. The van der Waals surface area contributed by atoms with E-state index in [4.69, 9.17) is 23.2 Å². The number of halogens is 2. The second-order valence-corrected chi connectivity index (χ2v) is 13.6. The van der Waals surface area contributed by atoms with Crippen LogP contribution in [-0.2, 0) is 14.8 Å². The van der Waals surface area contributed by atoms with Crippen molar-refractivity contribution in [3.8, 4) is 0 Å². The van der Waals surface area contributed by atoms with Crippen LogP contribution in [0.3, 0.4) is 0 Å². The van der Waals surface area contributed by atoms with E-state index in [1.807, 2.05) is 24.3 Å². The van der Waals surface area contributed by atoms with E-state index in [-0.39, 0.29) is 30.3 Å². The number of thiophene rings is 1. The number of nitrogens with one attached hydrogen (secondary N) is 1. The minimum atomic E-state index is -3.82. The van der Waals surface area contributed by atoms with Crippen molar-refractivity contribution >= 4 is 60.9 Å². The molecule has 8 nitrogen and oxygen atoms in total. The molecular weight excluding hydrogens is 565 g/mol. The predicted molar refractivity (Wildman–Crippen MR) is 152 cm³/mol. The maximum atomic E-state index is 13.9. The van der Waals surface area contributed by atoms with Crippen molar-refractivity contribution in [2.45, 2.75) is 30.2 Å². The summed E-state index contributed by atoms with van der Waals surface area (Å²) in [4.78, 5) is 23.7. The molecule has 3 unspecified atom stereocenters. The summed E-state index contributed by atoms with van der Waals surface area (Å²) >= 11 is 13.7. The number of hydrogen-bond acceptors (Lipinski definition) is 8. The quantitative estimate of drug-likeness (QED) is 0.234. The number of nitrogens with zero attached hydrogens (tertiary/aromatic N) is 4. The Morgan fingerprint density at radius 1 is 1.16 bits per heavy atom. The normalized spacial score (nSPS) is 21.8. The average molecular weight is 595 g/mol. The lowest BCUT2D eigenvalue weighted by molar-refractivity contribution is -0.115. The van der Waals surface area contributed by atoms with Crippen molar-refractivity contribution in [3.05, 3.63) is 70.1 Å². The van der Waals surface area contributed by atoms with Crippen LogP contribution < -0.4 is 5.32 Å². The largest absolute Gasteiger partial charge is 0.317 e. The predicted octanol–water partition coefficient (Wildman–Crippen LogP) is 4.48. The van der Waals surface area contributed by atoms with Crippen LogP contribution in [0.15, 0.2) is 49.2 Å². The van der Waals surface area contributed by atoms with Gasteiger partial charge in [0.1, 0.15) is 11.5 Å². The highest BCUT2D eigenvalue weighted by Gasteiger charge is 2.42. The molecule has 0 spiro atoms. The molecule has 0 aliphatic carbocycles. The summed E-state index contributed by atoms with van der Waals surface area (Å²) in [6, 6.07) is 8.42. The Bertz CT molecular complexity index is 1430. The van der Waals surface area contributed by atoms with Gasteiger partial charge in [-0.05, 0) is 73.1 Å². The molecule has 0 amide bonds. The maximum Gasteiger partial charge on any atom is 0.225 e. The summed E-state index contributed by atoms with van der Waals surface area (Å²) in [6.45, 7) is 6.31. The van der Waals surface area contributed by atoms with E-state index in [9.17, 15) is 13.2 Å². The van der Waals surface area contributed by atoms with Crippen molar-refractivity contribution in [2.24, 2.45) is 5.92 Å². The molecule has 3 aromatic rings. The molecule has 0 bridgehead atoms. The summed E-state index contributed by atoms with van der Waals surface area (Å²) in [5.74, 6) is 0.249. The summed E-state index contributed by atoms with van der Waals surface area (Å²) in [7, 11) is -3.82. The fraction of sp³-hybridized carbons (Fsp3) is 0.423. The molecule has 0 radical (unpaired) electrons. The van der Waals surface area contributed by atoms with E-state index >= 15 is 0 Å². The number of benzene rings is 1. The molecule has 2 aliphatic rings. The van der Waals surface area contributed by atoms with Crippen molar-refractivity contribution in [1.29, 1.82) is 0 Å². The number of carbonyl (C=O) groups excluding carboxylic acids is 1. The highest BCUT2D eigenvalue weighted by molar-refractivity contribution is 7.89. The summed E-state index contributed by atoms with van der Waals surface area (Å²) < 4.78 is 30.1. The number of piperazine rings is 1. The molecule has 2 aliphatic heterocycles. The number of aldehydes is 1. The lowest BCUT2D eigenvalue weighted by Gasteiger charge is -2.46. The van der Waals surface area contributed by atoms with E-state index in [0.717, 1.165) is 48.0 Å². The molecule has 5 rings (SSSR count). The Balaban J connectivity index is 1.42. The second kappa shape index (κ2) is 11.7.